The summed E-state index contributed by atoms with van der Waals surface area (Å²) in [6, 6.07) is 5.44. The Kier molecular flexibility index (Phi) is 5.20. The smallest absolute Gasteiger partial charge is 0.226 e. The number of aryl methyl sites for hydroxylation is 1. The number of nitrogens with two attached hydrogens (primary N) is 1. The van der Waals surface area contributed by atoms with Crippen molar-refractivity contribution < 1.29 is 9.59 Å². The predicted octanol–water partition coefficient (Wildman–Crippen LogP) is 2.31. The molecule has 0 bridgehead atoms. The Morgan fingerprint density at radius 2 is 2.14 bits per heavy atom. The summed E-state index contributed by atoms with van der Waals surface area (Å²) in [5, 5.41) is 2.86. The number of hydrogen-bond acceptors (Lipinski definition) is 3. The van der Waals surface area contributed by atoms with Crippen LogP contribution >= 0.6 is 0 Å². The monoisotopic (exact) mass is 289 g/mol. The molecular weight excluding hydrogens is 266 g/mol. The van der Waals surface area contributed by atoms with Gasteiger partial charge in [-0.05, 0) is 37.5 Å². The van der Waals surface area contributed by atoms with Crippen molar-refractivity contribution in [3.05, 3.63) is 23.8 Å². The van der Waals surface area contributed by atoms with Crippen LogP contribution in [0.2, 0.25) is 0 Å². The van der Waals surface area contributed by atoms with Gasteiger partial charge in [0, 0.05) is 37.3 Å². The van der Waals surface area contributed by atoms with E-state index >= 15 is 0 Å². The number of likely N-dealkylation sites (tertiary alicyclic amines) is 1. The highest BCUT2D eigenvalue weighted by molar-refractivity contribution is 5.92. The maximum atomic E-state index is 12.0. The van der Waals surface area contributed by atoms with Crippen molar-refractivity contribution in [1.82, 2.24) is 4.90 Å². The number of carbonyl (C=O) groups excluding carboxylic acids is 2. The van der Waals surface area contributed by atoms with Gasteiger partial charge in [-0.3, -0.25) is 9.59 Å². The summed E-state index contributed by atoms with van der Waals surface area (Å²) < 4.78 is 0. The third-order valence-electron chi connectivity index (χ3n) is 3.82. The summed E-state index contributed by atoms with van der Waals surface area (Å²) in [5.74, 6) is 0.0844. The van der Waals surface area contributed by atoms with E-state index < -0.39 is 0 Å². The van der Waals surface area contributed by atoms with Crippen LogP contribution in [0.15, 0.2) is 18.2 Å². The minimum Gasteiger partial charge on any atom is -0.399 e. The fraction of sp³-hybridized carbons (Fsp3) is 0.500. The van der Waals surface area contributed by atoms with E-state index in [0.29, 0.717) is 25.1 Å². The lowest BCUT2D eigenvalue weighted by molar-refractivity contribution is -0.131. The van der Waals surface area contributed by atoms with Crippen LogP contribution < -0.4 is 11.1 Å². The maximum absolute atomic E-state index is 12.0. The van der Waals surface area contributed by atoms with Crippen LogP contribution in [0.3, 0.4) is 0 Å². The molecule has 1 fully saturated rings. The topological polar surface area (TPSA) is 75.4 Å². The molecule has 1 saturated heterocycles. The zero-order valence-electron chi connectivity index (χ0n) is 12.5. The van der Waals surface area contributed by atoms with Gasteiger partial charge in [-0.25, -0.2) is 0 Å². The van der Waals surface area contributed by atoms with Crippen molar-refractivity contribution in [2.24, 2.45) is 0 Å². The Bertz CT molecular complexity index is 528. The largest absolute Gasteiger partial charge is 0.399 e. The Balaban J connectivity index is 1.87. The van der Waals surface area contributed by atoms with Crippen LogP contribution in [0, 0.1) is 6.92 Å². The Morgan fingerprint density at radius 3 is 2.95 bits per heavy atom. The van der Waals surface area contributed by atoms with Crippen LogP contribution in [0.4, 0.5) is 11.4 Å². The molecule has 2 rings (SSSR count). The number of anilines is 2. The van der Waals surface area contributed by atoms with E-state index in [4.69, 9.17) is 5.73 Å². The van der Waals surface area contributed by atoms with Gasteiger partial charge in [0.25, 0.3) is 0 Å². The summed E-state index contributed by atoms with van der Waals surface area (Å²) >= 11 is 0. The second-order valence-corrected chi connectivity index (χ2v) is 5.56. The van der Waals surface area contributed by atoms with E-state index in [1.54, 1.807) is 17.0 Å². The summed E-state index contributed by atoms with van der Waals surface area (Å²) in [6.45, 7) is 3.18. The molecule has 1 aromatic carbocycles. The second-order valence-electron chi connectivity index (χ2n) is 5.56. The maximum Gasteiger partial charge on any atom is 0.226 e. The van der Waals surface area contributed by atoms with Gasteiger partial charge in [0.1, 0.15) is 0 Å². The minimum absolute atomic E-state index is 0.0826. The van der Waals surface area contributed by atoms with Crippen molar-refractivity contribution >= 4 is 23.2 Å². The molecule has 1 heterocycles. The third kappa shape index (κ3) is 4.48. The molecule has 0 spiro atoms. The molecule has 3 N–H and O–H groups in total. The molecule has 0 aromatic heterocycles. The van der Waals surface area contributed by atoms with E-state index in [9.17, 15) is 9.59 Å². The van der Waals surface area contributed by atoms with Gasteiger partial charge in [0.15, 0.2) is 0 Å². The van der Waals surface area contributed by atoms with Crippen LogP contribution in [-0.2, 0) is 9.59 Å². The number of benzene rings is 1. The van der Waals surface area contributed by atoms with Gasteiger partial charge in [0.05, 0.1) is 0 Å². The van der Waals surface area contributed by atoms with Gasteiger partial charge in [0.2, 0.25) is 11.8 Å². The third-order valence-corrected chi connectivity index (χ3v) is 3.82. The van der Waals surface area contributed by atoms with E-state index in [2.05, 4.69) is 5.32 Å². The van der Waals surface area contributed by atoms with Crippen molar-refractivity contribution in [3.63, 3.8) is 0 Å². The normalized spacial score (nSPS) is 15.7. The number of carbonyl (C=O) groups is 2. The molecule has 0 unspecified atom stereocenters. The number of hydrogen-bond donors (Lipinski definition) is 2. The Labute approximate surface area is 125 Å². The molecule has 0 atom stereocenters. The lowest BCUT2D eigenvalue weighted by atomic mass is 10.2. The SMILES string of the molecule is Cc1ccc(N)cc1NC(=O)CCN1CCCCCC1=O. The highest BCUT2D eigenvalue weighted by Gasteiger charge is 2.17. The highest BCUT2D eigenvalue weighted by Crippen LogP contribution is 2.18. The molecule has 1 aliphatic rings. The Hall–Kier alpha value is -2.04. The van der Waals surface area contributed by atoms with Crippen LogP contribution in [0.5, 0.6) is 0 Å². The van der Waals surface area contributed by atoms with Gasteiger partial charge in [-0.2, -0.15) is 0 Å². The first-order valence-corrected chi connectivity index (χ1v) is 7.50. The molecule has 2 amide bonds. The lowest BCUT2D eigenvalue weighted by Gasteiger charge is -2.20. The van der Waals surface area contributed by atoms with Crippen molar-refractivity contribution in [2.45, 2.75) is 39.0 Å². The van der Waals surface area contributed by atoms with Crippen molar-refractivity contribution in [1.29, 1.82) is 0 Å². The first kappa shape index (κ1) is 15.4. The molecule has 5 heteroatoms. The molecule has 1 aliphatic heterocycles. The number of nitrogen functional groups attached to an aromatic ring is 1. The Morgan fingerprint density at radius 1 is 1.33 bits per heavy atom. The van der Waals surface area contributed by atoms with Gasteiger partial charge >= 0.3 is 0 Å². The standard InChI is InChI=1S/C16H23N3O2/c1-12-6-7-13(17)11-14(12)18-15(20)8-10-19-9-4-2-3-5-16(19)21/h6-7,11H,2-5,8-10,17H2,1H3,(H,18,20). The highest BCUT2D eigenvalue weighted by atomic mass is 16.2. The van der Waals surface area contributed by atoms with E-state index in [0.717, 1.165) is 37.1 Å². The molecular formula is C16H23N3O2. The van der Waals surface area contributed by atoms with Gasteiger partial charge in [-0.15, -0.1) is 0 Å². The van der Waals surface area contributed by atoms with E-state index in [1.807, 2.05) is 13.0 Å². The average Bonchev–Trinajstić information content (AvgIpc) is 2.65. The molecule has 0 aliphatic carbocycles. The molecule has 0 radical (unpaired) electrons. The first-order valence-electron chi connectivity index (χ1n) is 7.50. The summed E-state index contributed by atoms with van der Waals surface area (Å²) in [7, 11) is 0. The predicted molar refractivity (Wildman–Crippen MR) is 83.9 cm³/mol. The molecule has 1 aromatic rings. The minimum atomic E-state index is -0.0826. The van der Waals surface area contributed by atoms with Crippen molar-refractivity contribution in [2.75, 3.05) is 24.1 Å². The molecule has 114 valence electrons. The van der Waals surface area contributed by atoms with Crippen molar-refractivity contribution in [3.8, 4) is 0 Å². The van der Waals surface area contributed by atoms with Crippen LogP contribution in [0.1, 0.15) is 37.7 Å². The lowest BCUT2D eigenvalue weighted by Crippen LogP contribution is -2.33. The summed E-state index contributed by atoms with van der Waals surface area (Å²) in [6.07, 6.45) is 4.01. The first-order chi connectivity index (χ1) is 10.1. The number of nitrogens with zero attached hydrogens (tertiary/aromatic N) is 1. The van der Waals surface area contributed by atoms with Gasteiger partial charge in [-0.1, -0.05) is 12.5 Å². The fourth-order valence-electron chi connectivity index (χ4n) is 2.50. The van der Waals surface area contributed by atoms with Crippen LogP contribution in [-0.4, -0.2) is 29.8 Å². The van der Waals surface area contributed by atoms with E-state index in [1.165, 1.54) is 0 Å². The van der Waals surface area contributed by atoms with E-state index in [-0.39, 0.29) is 11.8 Å². The molecule has 0 saturated carbocycles. The summed E-state index contributed by atoms with van der Waals surface area (Å²) in [4.78, 5) is 25.7. The molecule has 21 heavy (non-hydrogen) atoms. The zero-order chi connectivity index (χ0) is 15.2. The summed E-state index contributed by atoms with van der Waals surface area (Å²) in [5.41, 5.74) is 8.06. The average molecular weight is 289 g/mol. The molecule has 5 nitrogen and oxygen atoms in total. The zero-order valence-corrected chi connectivity index (χ0v) is 12.5. The number of nitrogens with one attached hydrogen (secondary N) is 1. The van der Waals surface area contributed by atoms with Crippen LogP contribution in [0.25, 0.3) is 0 Å². The van der Waals surface area contributed by atoms with Gasteiger partial charge < -0.3 is 16.0 Å². The second kappa shape index (κ2) is 7.11. The number of rotatable bonds is 4. The quantitative estimate of drug-likeness (QED) is 0.835. The number of amides is 2. The fourth-order valence-corrected chi connectivity index (χ4v) is 2.50.